The SMILES string of the molecule is Cc1ccccc1C(c1c(C)[nH]c2ccccc12)N(C)C. The van der Waals surface area contributed by atoms with Crippen molar-refractivity contribution in [2.75, 3.05) is 14.1 Å². The number of nitrogens with zero attached hydrogens (tertiary/aromatic N) is 1. The van der Waals surface area contributed by atoms with Crippen LogP contribution in [0.15, 0.2) is 48.5 Å². The Bertz CT molecular complexity index is 768. The smallest absolute Gasteiger partial charge is 0.0623 e. The fourth-order valence-corrected chi connectivity index (χ4v) is 3.24. The maximum absolute atomic E-state index is 3.52. The molecule has 0 amide bonds. The van der Waals surface area contributed by atoms with Gasteiger partial charge in [-0.05, 0) is 45.1 Å². The second kappa shape index (κ2) is 5.38. The first-order chi connectivity index (χ1) is 10.1. The van der Waals surface area contributed by atoms with Gasteiger partial charge in [0.1, 0.15) is 0 Å². The first-order valence-electron chi connectivity index (χ1n) is 7.38. The zero-order valence-electron chi connectivity index (χ0n) is 13.1. The lowest BCUT2D eigenvalue weighted by Crippen LogP contribution is -2.22. The molecule has 0 aliphatic carbocycles. The van der Waals surface area contributed by atoms with Crippen LogP contribution in [-0.2, 0) is 0 Å². The highest BCUT2D eigenvalue weighted by Crippen LogP contribution is 2.35. The Kier molecular flexibility index (Phi) is 3.56. The maximum atomic E-state index is 3.52. The highest BCUT2D eigenvalue weighted by Gasteiger charge is 2.23. The number of H-pyrrole nitrogens is 1. The van der Waals surface area contributed by atoms with E-state index < -0.39 is 0 Å². The minimum atomic E-state index is 0.266. The Labute approximate surface area is 126 Å². The van der Waals surface area contributed by atoms with Crippen LogP contribution in [-0.4, -0.2) is 24.0 Å². The molecule has 21 heavy (non-hydrogen) atoms. The highest BCUT2D eigenvalue weighted by atomic mass is 15.1. The highest BCUT2D eigenvalue weighted by molar-refractivity contribution is 5.85. The Hall–Kier alpha value is -2.06. The predicted octanol–water partition coefficient (Wildman–Crippen LogP) is 4.44. The van der Waals surface area contributed by atoms with Crippen LogP contribution in [0.3, 0.4) is 0 Å². The summed E-state index contributed by atoms with van der Waals surface area (Å²) in [4.78, 5) is 5.82. The van der Waals surface area contributed by atoms with Crippen molar-refractivity contribution >= 4 is 10.9 Å². The maximum Gasteiger partial charge on any atom is 0.0623 e. The summed E-state index contributed by atoms with van der Waals surface area (Å²) in [6.45, 7) is 4.36. The number of para-hydroxylation sites is 1. The van der Waals surface area contributed by atoms with Crippen molar-refractivity contribution in [1.82, 2.24) is 9.88 Å². The minimum absolute atomic E-state index is 0.266. The van der Waals surface area contributed by atoms with Crippen molar-refractivity contribution in [1.29, 1.82) is 0 Å². The van der Waals surface area contributed by atoms with E-state index in [1.54, 1.807) is 0 Å². The van der Waals surface area contributed by atoms with Crippen LogP contribution in [0.2, 0.25) is 0 Å². The van der Waals surface area contributed by atoms with Gasteiger partial charge in [0, 0.05) is 22.2 Å². The van der Waals surface area contributed by atoms with E-state index >= 15 is 0 Å². The molecule has 1 aromatic heterocycles. The number of nitrogens with one attached hydrogen (secondary N) is 1. The molecule has 2 nitrogen and oxygen atoms in total. The molecular formula is C19H22N2. The Morgan fingerprint density at radius 3 is 2.29 bits per heavy atom. The number of aromatic amines is 1. The summed E-state index contributed by atoms with van der Waals surface area (Å²) < 4.78 is 0. The number of fused-ring (bicyclic) bond motifs is 1. The molecule has 0 saturated heterocycles. The van der Waals surface area contributed by atoms with E-state index in [9.17, 15) is 0 Å². The van der Waals surface area contributed by atoms with Crippen molar-refractivity contribution in [3.05, 3.63) is 70.9 Å². The lowest BCUT2D eigenvalue weighted by atomic mass is 9.92. The summed E-state index contributed by atoms with van der Waals surface area (Å²) >= 11 is 0. The first-order valence-corrected chi connectivity index (χ1v) is 7.38. The van der Waals surface area contributed by atoms with Gasteiger partial charge in [0.2, 0.25) is 0 Å². The van der Waals surface area contributed by atoms with Crippen molar-refractivity contribution in [2.45, 2.75) is 19.9 Å². The van der Waals surface area contributed by atoms with Gasteiger partial charge < -0.3 is 4.98 Å². The van der Waals surface area contributed by atoms with E-state index in [0.29, 0.717) is 0 Å². The predicted molar refractivity (Wildman–Crippen MR) is 89.7 cm³/mol. The lowest BCUT2D eigenvalue weighted by molar-refractivity contribution is 0.342. The van der Waals surface area contributed by atoms with Gasteiger partial charge in [-0.15, -0.1) is 0 Å². The molecular weight excluding hydrogens is 256 g/mol. The molecule has 0 spiro atoms. The average molecular weight is 278 g/mol. The van der Waals surface area contributed by atoms with Gasteiger partial charge in [0.05, 0.1) is 6.04 Å². The van der Waals surface area contributed by atoms with E-state index in [0.717, 1.165) is 0 Å². The molecule has 0 fully saturated rings. The van der Waals surface area contributed by atoms with E-state index in [1.165, 1.54) is 33.3 Å². The standard InChI is InChI=1S/C19H22N2/c1-13-9-5-6-10-15(13)19(21(3)4)18-14(2)20-17-12-8-7-11-16(17)18/h5-12,19-20H,1-4H3. The summed E-state index contributed by atoms with van der Waals surface area (Å²) in [6.07, 6.45) is 0. The fraction of sp³-hybridized carbons (Fsp3) is 0.263. The van der Waals surface area contributed by atoms with Crippen LogP contribution in [0.25, 0.3) is 10.9 Å². The number of hydrogen-bond acceptors (Lipinski definition) is 1. The van der Waals surface area contributed by atoms with Crippen LogP contribution >= 0.6 is 0 Å². The van der Waals surface area contributed by atoms with Crippen molar-refractivity contribution in [3.8, 4) is 0 Å². The molecule has 0 bridgehead atoms. The van der Waals surface area contributed by atoms with Crippen molar-refractivity contribution < 1.29 is 0 Å². The lowest BCUT2D eigenvalue weighted by Gasteiger charge is -2.27. The number of benzene rings is 2. The van der Waals surface area contributed by atoms with Crippen LogP contribution in [0.1, 0.15) is 28.4 Å². The molecule has 1 atom stereocenters. The van der Waals surface area contributed by atoms with E-state index in [4.69, 9.17) is 0 Å². The molecule has 0 saturated carbocycles. The third-order valence-corrected chi connectivity index (χ3v) is 4.22. The summed E-state index contributed by atoms with van der Waals surface area (Å²) in [6, 6.07) is 17.5. The molecule has 2 aromatic carbocycles. The second-order valence-electron chi connectivity index (χ2n) is 5.93. The van der Waals surface area contributed by atoms with Gasteiger partial charge in [-0.3, -0.25) is 4.90 Å². The average Bonchev–Trinajstić information content (AvgIpc) is 2.78. The summed E-state index contributed by atoms with van der Waals surface area (Å²) in [5.74, 6) is 0. The van der Waals surface area contributed by atoms with Gasteiger partial charge in [-0.1, -0.05) is 42.5 Å². The number of hydrogen-bond donors (Lipinski definition) is 1. The van der Waals surface area contributed by atoms with Crippen LogP contribution in [0.5, 0.6) is 0 Å². The fourth-order valence-electron chi connectivity index (χ4n) is 3.24. The molecule has 2 heteroatoms. The molecule has 0 radical (unpaired) electrons. The molecule has 1 N–H and O–H groups in total. The molecule has 3 aromatic rings. The second-order valence-corrected chi connectivity index (χ2v) is 5.93. The third kappa shape index (κ3) is 2.36. The third-order valence-electron chi connectivity index (χ3n) is 4.22. The zero-order chi connectivity index (χ0) is 15.0. The minimum Gasteiger partial charge on any atom is -0.358 e. The summed E-state index contributed by atoms with van der Waals surface area (Å²) in [5.41, 5.74) is 6.55. The van der Waals surface area contributed by atoms with E-state index in [-0.39, 0.29) is 6.04 Å². The summed E-state index contributed by atoms with van der Waals surface area (Å²) in [5, 5.41) is 1.32. The van der Waals surface area contributed by atoms with Crippen molar-refractivity contribution in [2.24, 2.45) is 0 Å². The molecule has 1 unspecified atom stereocenters. The zero-order valence-corrected chi connectivity index (χ0v) is 13.1. The van der Waals surface area contributed by atoms with Crippen LogP contribution < -0.4 is 0 Å². The Morgan fingerprint density at radius 1 is 0.905 bits per heavy atom. The molecule has 108 valence electrons. The number of aromatic nitrogens is 1. The molecule has 0 aliphatic heterocycles. The van der Waals surface area contributed by atoms with Crippen LogP contribution in [0.4, 0.5) is 0 Å². The summed E-state index contributed by atoms with van der Waals surface area (Å²) in [7, 11) is 4.30. The monoisotopic (exact) mass is 278 g/mol. The molecule has 3 rings (SSSR count). The number of aryl methyl sites for hydroxylation is 2. The molecule has 0 aliphatic rings. The largest absolute Gasteiger partial charge is 0.358 e. The van der Waals surface area contributed by atoms with Gasteiger partial charge in [0.15, 0.2) is 0 Å². The number of rotatable bonds is 3. The van der Waals surface area contributed by atoms with E-state index in [2.05, 4.69) is 86.4 Å². The first kappa shape index (κ1) is 13.9. The Balaban J connectivity index is 2.26. The normalized spacial score (nSPS) is 13.0. The van der Waals surface area contributed by atoms with Gasteiger partial charge in [0.25, 0.3) is 0 Å². The van der Waals surface area contributed by atoms with Crippen LogP contribution in [0, 0.1) is 13.8 Å². The van der Waals surface area contributed by atoms with Crippen molar-refractivity contribution in [3.63, 3.8) is 0 Å². The van der Waals surface area contributed by atoms with Gasteiger partial charge in [-0.2, -0.15) is 0 Å². The van der Waals surface area contributed by atoms with E-state index in [1.807, 2.05) is 0 Å². The Morgan fingerprint density at radius 2 is 1.57 bits per heavy atom. The molecule has 1 heterocycles. The quantitative estimate of drug-likeness (QED) is 0.750. The topological polar surface area (TPSA) is 19.0 Å². The van der Waals surface area contributed by atoms with Gasteiger partial charge >= 0.3 is 0 Å². The van der Waals surface area contributed by atoms with Gasteiger partial charge in [-0.25, -0.2) is 0 Å².